The van der Waals surface area contributed by atoms with E-state index < -0.39 is 12.1 Å². The smallest absolute Gasteiger partial charge is 0.346 e. The Morgan fingerprint density at radius 1 is 1.58 bits per heavy atom. The molecular formula is C8H11NO3. The molecule has 2 aliphatic rings. The molecule has 0 aromatic rings. The van der Waals surface area contributed by atoms with Gasteiger partial charge in [-0.25, -0.2) is 4.79 Å². The third-order valence-electron chi connectivity index (χ3n) is 2.41. The quantitative estimate of drug-likeness (QED) is 0.660. The Balaban J connectivity index is 1.91. The molecular weight excluding hydrogens is 158 g/mol. The highest BCUT2D eigenvalue weighted by atomic mass is 16.5. The van der Waals surface area contributed by atoms with Gasteiger partial charge in [-0.05, 0) is 12.8 Å². The van der Waals surface area contributed by atoms with Gasteiger partial charge in [-0.3, -0.25) is 4.99 Å². The van der Waals surface area contributed by atoms with Crippen molar-refractivity contribution in [3.8, 4) is 0 Å². The lowest BCUT2D eigenvalue weighted by Crippen LogP contribution is -2.28. The third-order valence-corrected chi connectivity index (χ3v) is 2.41. The first-order chi connectivity index (χ1) is 5.77. The van der Waals surface area contributed by atoms with Crippen molar-refractivity contribution >= 4 is 11.9 Å². The maximum absolute atomic E-state index is 10.5. The van der Waals surface area contributed by atoms with Gasteiger partial charge in [0.25, 0.3) is 0 Å². The van der Waals surface area contributed by atoms with Crippen molar-refractivity contribution in [2.24, 2.45) is 10.9 Å². The maximum atomic E-state index is 10.5. The van der Waals surface area contributed by atoms with Crippen molar-refractivity contribution in [2.45, 2.75) is 25.4 Å². The molecule has 1 saturated carbocycles. The molecule has 1 aliphatic carbocycles. The molecule has 0 bridgehead atoms. The van der Waals surface area contributed by atoms with Crippen LogP contribution in [-0.4, -0.2) is 29.6 Å². The second kappa shape index (κ2) is 2.77. The summed E-state index contributed by atoms with van der Waals surface area (Å²) in [5.41, 5.74) is 0. The fourth-order valence-electron chi connectivity index (χ4n) is 1.40. The summed E-state index contributed by atoms with van der Waals surface area (Å²) in [4.78, 5) is 14.6. The normalized spacial score (nSPS) is 29.0. The van der Waals surface area contributed by atoms with E-state index in [4.69, 9.17) is 9.84 Å². The summed E-state index contributed by atoms with van der Waals surface area (Å²) in [6.45, 7) is 0.293. The number of carboxylic acids is 1. The lowest BCUT2D eigenvalue weighted by atomic mass is 9.85. The zero-order chi connectivity index (χ0) is 8.55. The molecule has 1 atom stereocenters. The first-order valence-electron chi connectivity index (χ1n) is 4.21. The first-order valence-corrected chi connectivity index (χ1v) is 4.21. The van der Waals surface area contributed by atoms with Crippen molar-refractivity contribution in [2.75, 3.05) is 6.54 Å². The zero-order valence-electron chi connectivity index (χ0n) is 6.69. The molecule has 0 aromatic carbocycles. The predicted molar refractivity (Wildman–Crippen MR) is 42.2 cm³/mol. The first kappa shape index (κ1) is 7.58. The standard InChI is InChI=1S/C8H11NO3/c10-8(11)6-4-9-7(12-6)5-2-1-3-5/h5-6H,1-4H2,(H,10,11). The van der Waals surface area contributed by atoms with E-state index in [9.17, 15) is 4.79 Å². The minimum Gasteiger partial charge on any atom is -0.478 e. The molecule has 0 radical (unpaired) electrons. The highest BCUT2D eigenvalue weighted by molar-refractivity contribution is 5.86. The van der Waals surface area contributed by atoms with Crippen LogP contribution in [0.4, 0.5) is 0 Å². The van der Waals surface area contributed by atoms with E-state index in [1.807, 2.05) is 0 Å². The van der Waals surface area contributed by atoms with Gasteiger partial charge >= 0.3 is 5.97 Å². The van der Waals surface area contributed by atoms with E-state index in [1.54, 1.807) is 0 Å². The minimum atomic E-state index is -0.909. The summed E-state index contributed by atoms with van der Waals surface area (Å²) in [5.74, 6) is 0.177. The number of hydrogen-bond acceptors (Lipinski definition) is 3. The summed E-state index contributed by atoms with van der Waals surface area (Å²) >= 11 is 0. The fraction of sp³-hybridized carbons (Fsp3) is 0.750. The van der Waals surface area contributed by atoms with Crippen LogP contribution in [0.1, 0.15) is 19.3 Å². The molecule has 12 heavy (non-hydrogen) atoms. The second-order valence-corrected chi connectivity index (χ2v) is 3.25. The molecule has 1 N–H and O–H groups in total. The van der Waals surface area contributed by atoms with Crippen molar-refractivity contribution in [3.05, 3.63) is 0 Å². The van der Waals surface area contributed by atoms with Crippen molar-refractivity contribution in [1.82, 2.24) is 0 Å². The average Bonchev–Trinajstić information content (AvgIpc) is 2.32. The Hall–Kier alpha value is -1.06. The van der Waals surface area contributed by atoms with Crippen LogP contribution in [0.15, 0.2) is 4.99 Å². The Labute approximate surface area is 70.2 Å². The van der Waals surface area contributed by atoms with E-state index >= 15 is 0 Å². The van der Waals surface area contributed by atoms with E-state index in [2.05, 4.69) is 4.99 Å². The van der Waals surface area contributed by atoms with Gasteiger partial charge in [0.2, 0.25) is 6.10 Å². The fourth-order valence-corrected chi connectivity index (χ4v) is 1.40. The van der Waals surface area contributed by atoms with Crippen molar-refractivity contribution in [3.63, 3.8) is 0 Å². The topological polar surface area (TPSA) is 58.9 Å². The van der Waals surface area contributed by atoms with Crippen LogP contribution in [0.5, 0.6) is 0 Å². The van der Waals surface area contributed by atoms with Crippen LogP contribution >= 0.6 is 0 Å². The molecule has 2 rings (SSSR count). The Morgan fingerprint density at radius 2 is 2.33 bits per heavy atom. The number of hydrogen-bond donors (Lipinski definition) is 1. The molecule has 66 valence electrons. The van der Waals surface area contributed by atoms with Gasteiger partial charge in [-0.1, -0.05) is 6.42 Å². The van der Waals surface area contributed by atoms with Gasteiger partial charge in [-0.15, -0.1) is 0 Å². The minimum absolute atomic E-state index is 0.293. The molecule has 0 aromatic heterocycles. The number of carboxylic acid groups (broad SMARTS) is 1. The molecule has 4 nitrogen and oxygen atoms in total. The molecule has 4 heteroatoms. The lowest BCUT2D eigenvalue weighted by Gasteiger charge is -2.24. The van der Waals surface area contributed by atoms with Crippen molar-refractivity contribution in [1.29, 1.82) is 0 Å². The lowest BCUT2D eigenvalue weighted by molar-refractivity contribution is -0.144. The van der Waals surface area contributed by atoms with Crippen LogP contribution in [0.25, 0.3) is 0 Å². The Kier molecular flexibility index (Phi) is 1.75. The molecule has 0 spiro atoms. The third kappa shape index (κ3) is 1.17. The van der Waals surface area contributed by atoms with Gasteiger partial charge in [0.05, 0.1) is 6.54 Å². The molecule has 1 fully saturated rings. The van der Waals surface area contributed by atoms with Crippen LogP contribution in [0.3, 0.4) is 0 Å². The Bertz CT molecular complexity index is 232. The number of aliphatic imine (C=N–C) groups is 1. The van der Waals surface area contributed by atoms with Gasteiger partial charge in [0, 0.05) is 5.92 Å². The van der Waals surface area contributed by atoms with E-state index in [1.165, 1.54) is 6.42 Å². The molecule has 1 unspecified atom stereocenters. The number of ether oxygens (including phenoxy) is 1. The van der Waals surface area contributed by atoms with Gasteiger partial charge in [0.15, 0.2) is 5.90 Å². The van der Waals surface area contributed by atoms with Crippen LogP contribution < -0.4 is 0 Å². The number of aliphatic carboxylic acids is 1. The molecule has 0 saturated heterocycles. The average molecular weight is 169 g/mol. The van der Waals surface area contributed by atoms with E-state index in [-0.39, 0.29) is 0 Å². The highest BCUT2D eigenvalue weighted by Crippen LogP contribution is 2.30. The van der Waals surface area contributed by atoms with Crippen LogP contribution in [0.2, 0.25) is 0 Å². The Morgan fingerprint density at radius 3 is 2.75 bits per heavy atom. The molecule has 1 heterocycles. The summed E-state index contributed by atoms with van der Waals surface area (Å²) in [6, 6.07) is 0. The number of nitrogens with zero attached hydrogens (tertiary/aromatic N) is 1. The van der Waals surface area contributed by atoms with Crippen molar-refractivity contribution < 1.29 is 14.6 Å². The van der Waals surface area contributed by atoms with E-state index in [0.29, 0.717) is 18.4 Å². The second-order valence-electron chi connectivity index (χ2n) is 3.25. The van der Waals surface area contributed by atoms with Gasteiger partial charge in [-0.2, -0.15) is 0 Å². The highest BCUT2D eigenvalue weighted by Gasteiger charge is 2.33. The molecule has 0 amide bonds. The predicted octanol–water partition coefficient (Wildman–Crippen LogP) is 0.668. The maximum Gasteiger partial charge on any atom is 0.346 e. The zero-order valence-corrected chi connectivity index (χ0v) is 6.69. The number of carbonyl (C=O) groups is 1. The van der Waals surface area contributed by atoms with E-state index in [0.717, 1.165) is 12.8 Å². The molecule has 1 aliphatic heterocycles. The number of rotatable bonds is 2. The summed E-state index contributed by atoms with van der Waals surface area (Å²) < 4.78 is 5.18. The largest absolute Gasteiger partial charge is 0.478 e. The monoisotopic (exact) mass is 169 g/mol. The summed E-state index contributed by atoms with van der Waals surface area (Å²) in [6.07, 6.45) is 2.70. The van der Waals surface area contributed by atoms with Gasteiger partial charge in [0.1, 0.15) is 0 Å². The van der Waals surface area contributed by atoms with Crippen LogP contribution in [0, 0.1) is 5.92 Å². The SMILES string of the molecule is O=C(O)C1CN=C(C2CCC2)O1. The summed E-state index contributed by atoms with van der Waals surface area (Å²) in [5, 5.41) is 8.61. The van der Waals surface area contributed by atoms with Crippen LogP contribution in [-0.2, 0) is 9.53 Å². The van der Waals surface area contributed by atoms with Gasteiger partial charge < -0.3 is 9.84 Å². The summed E-state index contributed by atoms with van der Waals surface area (Å²) in [7, 11) is 0.